The van der Waals surface area contributed by atoms with E-state index in [-0.39, 0.29) is 42.3 Å². The number of piperazine rings is 1. The van der Waals surface area contributed by atoms with Crippen LogP contribution in [-0.4, -0.2) is 48.2 Å². The number of nitro benzene ring substituents is 1. The van der Waals surface area contributed by atoms with Gasteiger partial charge in [0, 0.05) is 38.3 Å². The second-order valence-electron chi connectivity index (χ2n) is 5.44. The maximum absolute atomic E-state index is 11.2. The molecule has 0 spiro atoms. The largest absolute Gasteiger partial charge is 0.500 e. The first-order chi connectivity index (χ1) is 10.6. The molecule has 1 heterocycles. The molecule has 1 aromatic carbocycles. The van der Waals surface area contributed by atoms with E-state index in [0.29, 0.717) is 0 Å². The Kier molecular flexibility index (Phi) is 9.99. The Morgan fingerprint density at radius 3 is 2.50 bits per heavy atom. The topological polar surface area (TPSA) is 87.9 Å². The second-order valence-corrected chi connectivity index (χ2v) is 5.44. The van der Waals surface area contributed by atoms with Gasteiger partial charge in [-0.1, -0.05) is 13.3 Å². The number of halogens is 2. The van der Waals surface area contributed by atoms with Crippen molar-refractivity contribution >= 4 is 30.5 Å². The number of phenolic OH excluding ortho intramolecular Hbond substituents is 1. The number of benzene rings is 1. The maximum Gasteiger partial charge on any atom is 0.314 e. The van der Waals surface area contributed by atoms with Crippen molar-refractivity contribution in [2.24, 2.45) is 0 Å². The predicted octanol–water partition coefficient (Wildman–Crippen LogP) is 2.90. The molecule has 24 heavy (non-hydrogen) atoms. The third kappa shape index (κ3) is 5.11. The fourth-order valence-corrected chi connectivity index (χ4v) is 2.93. The molecule has 1 aliphatic rings. The van der Waals surface area contributed by atoms with Crippen molar-refractivity contribution in [3.63, 3.8) is 0 Å². The van der Waals surface area contributed by atoms with E-state index in [1.165, 1.54) is 13.2 Å². The molecule has 1 aromatic rings. The molecule has 1 atom stereocenters. The van der Waals surface area contributed by atoms with E-state index in [1.807, 2.05) is 0 Å². The predicted molar refractivity (Wildman–Crippen MR) is 97.9 cm³/mol. The zero-order valence-electron chi connectivity index (χ0n) is 13.9. The number of rotatable bonds is 6. The monoisotopic (exact) mass is 381 g/mol. The van der Waals surface area contributed by atoms with Crippen LogP contribution in [0.25, 0.3) is 0 Å². The number of nitrogens with zero attached hydrogens (tertiary/aromatic N) is 2. The summed E-state index contributed by atoms with van der Waals surface area (Å²) in [6, 6.07) is 3.28. The minimum atomic E-state index is -0.567. The average Bonchev–Trinajstić information content (AvgIpc) is 2.53. The van der Waals surface area contributed by atoms with Gasteiger partial charge in [-0.2, -0.15) is 0 Å². The Hall–Kier alpha value is -1.28. The van der Waals surface area contributed by atoms with Crippen molar-refractivity contribution in [3.05, 3.63) is 27.8 Å². The number of hydrogen-bond donors (Lipinski definition) is 2. The molecule has 0 amide bonds. The van der Waals surface area contributed by atoms with Crippen LogP contribution in [0.15, 0.2) is 12.1 Å². The highest BCUT2D eigenvalue weighted by molar-refractivity contribution is 5.85. The van der Waals surface area contributed by atoms with Gasteiger partial charge in [-0.15, -0.1) is 24.8 Å². The molecular weight excluding hydrogens is 357 g/mol. The fourth-order valence-electron chi connectivity index (χ4n) is 2.93. The molecule has 0 unspecified atom stereocenters. The Morgan fingerprint density at radius 1 is 1.38 bits per heavy atom. The second kappa shape index (κ2) is 10.6. The SMILES string of the molecule is CCC[C@@H](c1cc(OC)c(O)c([N+](=O)[O-])c1)N1CCNCC1.Cl.Cl. The Bertz CT molecular complexity index is 540. The lowest BCUT2D eigenvalue weighted by Gasteiger charge is -2.35. The molecule has 0 saturated carbocycles. The first-order valence-electron chi connectivity index (χ1n) is 7.58. The van der Waals surface area contributed by atoms with E-state index in [2.05, 4.69) is 17.1 Å². The summed E-state index contributed by atoms with van der Waals surface area (Å²) in [5.74, 6) is -0.257. The lowest BCUT2D eigenvalue weighted by molar-refractivity contribution is -0.386. The van der Waals surface area contributed by atoms with Crippen molar-refractivity contribution < 1.29 is 14.8 Å². The van der Waals surface area contributed by atoms with E-state index in [0.717, 1.165) is 44.6 Å². The standard InChI is InChI=1S/C15H23N3O4.2ClH/c1-3-4-12(17-7-5-16-6-8-17)11-9-13(18(20)21)15(19)14(10-11)22-2;;/h9-10,12,16,19H,3-8H2,1-2H3;2*1H/t12-;;/m0../s1. The molecule has 0 aliphatic carbocycles. The molecule has 7 nitrogen and oxygen atoms in total. The number of phenols is 1. The van der Waals surface area contributed by atoms with Crippen LogP contribution in [0.3, 0.4) is 0 Å². The van der Waals surface area contributed by atoms with Gasteiger partial charge in [0.25, 0.3) is 0 Å². The summed E-state index contributed by atoms with van der Waals surface area (Å²) in [5.41, 5.74) is 0.524. The number of aromatic hydroxyl groups is 1. The van der Waals surface area contributed by atoms with E-state index in [1.54, 1.807) is 6.07 Å². The van der Waals surface area contributed by atoms with Crippen molar-refractivity contribution in [2.75, 3.05) is 33.3 Å². The average molecular weight is 382 g/mol. The summed E-state index contributed by atoms with van der Waals surface area (Å²) >= 11 is 0. The molecule has 0 bridgehead atoms. The lowest BCUT2D eigenvalue weighted by atomic mass is 9.98. The summed E-state index contributed by atoms with van der Waals surface area (Å²) in [6.07, 6.45) is 1.89. The van der Waals surface area contributed by atoms with Gasteiger partial charge in [-0.3, -0.25) is 15.0 Å². The number of nitrogens with one attached hydrogen (secondary N) is 1. The number of nitro groups is 1. The van der Waals surface area contributed by atoms with E-state index in [4.69, 9.17) is 4.74 Å². The highest BCUT2D eigenvalue weighted by Crippen LogP contribution is 2.40. The van der Waals surface area contributed by atoms with Crippen molar-refractivity contribution in [1.82, 2.24) is 10.2 Å². The van der Waals surface area contributed by atoms with Gasteiger partial charge in [-0.05, 0) is 18.1 Å². The Morgan fingerprint density at radius 2 is 2.00 bits per heavy atom. The van der Waals surface area contributed by atoms with Crippen molar-refractivity contribution in [3.8, 4) is 11.5 Å². The van der Waals surface area contributed by atoms with Crippen molar-refractivity contribution in [1.29, 1.82) is 0 Å². The quantitative estimate of drug-likeness (QED) is 0.581. The summed E-state index contributed by atoms with van der Waals surface area (Å²) < 4.78 is 5.11. The molecule has 1 saturated heterocycles. The normalized spacial score (nSPS) is 15.8. The highest BCUT2D eigenvalue weighted by atomic mass is 35.5. The van der Waals surface area contributed by atoms with E-state index in [9.17, 15) is 15.2 Å². The van der Waals surface area contributed by atoms with Crippen LogP contribution in [0.5, 0.6) is 11.5 Å². The zero-order chi connectivity index (χ0) is 16.1. The molecule has 0 radical (unpaired) electrons. The van der Waals surface area contributed by atoms with E-state index >= 15 is 0 Å². The molecule has 1 fully saturated rings. The maximum atomic E-state index is 11.2. The van der Waals surface area contributed by atoms with Crippen molar-refractivity contribution in [2.45, 2.75) is 25.8 Å². The Labute approximate surface area is 154 Å². The van der Waals surface area contributed by atoms with Gasteiger partial charge in [0.2, 0.25) is 5.75 Å². The van der Waals surface area contributed by atoms with Crippen LogP contribution in [0, 0.1) is 10.1 Å². The zero-order valence-corrected chi connectivity index (χ0v) is 15.5. The van der Waals surface area contributed by atoms with Gasteiger partial charge in [-0.25, -0.2) is 0 Å². The summed E-state index contributed by atoms with van der Waals surface area (Å²) in [5, 5.41) is 24.4. The summed E-state index contributed by atoms with van der Waals surface area (Å²) in [7, 11) is 1.40. The van der Waals surface area contributed by atoms with Gasteiger partial charge >= 0.3 is 5.69 Å². The third-order valence-electron chi connectivity index (χ3n) is 4.03. The van der Waals surface area contributed by atoms with E-state index < -0.39 is 10.7 Å². The van der Waals surface area contributed by atoms with Crippen LogP contribution in [0.2, 0.25) is 0 Å². The number of hydrogen-bond acceptors (Lipinski definition) is 6. The highest BCUT2D eigenvalue weighted by Gasteiger charge is 2.27. The molecule has 9 heteroatoms. The van der Waals surface area contributed by atoms with Gasteiger partial charge in [0.1, 0.15) is 0 Å². The number of ether oxygens (including phenoxy) is 1. The molecule has 1 aliphatic heterocycles. The van der Waals surface area contributed by atoms with Gasteiger partial charge in [0.05, 0.1) is 12.0 Å². The van der Waals surface area contributed by atoms with Crippen LogP contribution in [-0.2, 0) is 0 Å². The lowest BCUT2D eigenvalue weighted by Crippen LogP contribution is -2.45. The third-order valence-corrected chi connectivity index (χ3v) is 4.03. The van der Waals surface area contributed by atoms with Gasteiger partial charge in [0.15, 0.2) is 5.75 Å². The van der Waals surface area contributed by atoms with Gasteiger partial charge < -0.3 is 15.2 Å². The smallest absolute Gasteiger partial charge is 0.314 e. The summed E-state index contributed by atoms with van der Waals surface area (Å²) in [4.78, 5) is 12.9. The van der Waals surface area contributed by atoms with Crippen LogP contribution >= 0.6 is 24.8 Å². The molecular formula is C15H25Cl2N3O4. The summed E-state index contributed by atoms with van der Waals surface area (Å²) in [6.45, 7) is 5.74. The minimum absolute atomic E-state index is 0. The fraction of sp³-hybridized carbons (Fsp3) is 0.600. The molecule has 2 N–H and O–H groups in total. The first kappa shape index (κ1) is 22.7. The molecule has 138 valence electrons. The molecule has 2 rings (SSSR count). The number of methoxy groups -OCH3 is 1. The minimum Gasteiger partial charge on any atom is -0.500 e. The van der Waals surface area contributed by atoms with Crippen LogP contribution in [0.4, 0.5) is 5.69 Å². The van der Waals surface area contributed by atoms with Crippen LogP contribution < -0.4 is 10.1 Å². The molecule has 0 aromatic heterocycles. The Balaban J connectivity index is 0.00000264. The first-order valence-corrected chi connectivity index (χ1v) is 7.58. The van der Waals surface area contributed by atoms with Crippen LogP contribution in [0.1, 0.15) is 31.4 Å².